The molecule has 140 valence electrons. The first kappa shape index (κ1) is 17.2. The number of hydrogen-bond donors (Lipinski definition) is 0. The van der Waals surface area contributed by atoms with Crippen LogP contribution in [0, 0.1) is 22.7 Å². The molecule has 26 heavy (non-hydrogen) atoms. The molecule has 0 aromatic rings. The van der Waals surface area contributed by atoms with Crippen LogP contribution in [0.5, 0.6) is 0 Å². The van der Waals surface area contributed by atoms with Gasteiger partial charge in [-0.2, -0.15) is 0 Å². The first-order chi connectivity index (χ1) is 12.1. The Balaban J connectivity index is 1.79. The van der Waals surface area contributed by atoms with Crippen LogP contribution in [0.2, 0.25) is 0 Å². The monoisotopic (exact) mass is 362 g/mol. The van der Waals surface area contributed by atoms with E-state index in [4.69, 9.17) is 14.2 Å². The highest BCUT2D eigenvalue weighted by atomic mass is 16.6. The first-order valence-electron chi connectivity index (χ1n) is 8.88. The highest BCUT2D eigenvalue weighted by molar-refractivity contribution is 5.97. The van der Waals surface area contributed by atoms with Crippen LogP contribution in [-0.4, -0.2) is 42.5 Å². The summed E-state index contributed by atoms with van der Waals surface area (Å²) in [5.74, 6) is -1.56. The van der Waals surface area contributed by atoms with Crippen LogP contribution in [0.3, 0.4) is 0 Å². The van der Waals surface area contributed by atoms with Crippen molar-refractivity contribution in [3.8, 4) is 0 Å². The average molecular weight is 362 g/mol. The third-order valence-electron chi connectivity index (χ3n) is 6.68. The SMILES string of the molecule is CC(=O)OCC1=C2C(OC(C)=O)CC3(C)C(=O)C4CC4(C)C3C2OC1=O. The Morgan fingerprint density at radius 2 is 1.85 bits per heavy atom. The molecule has 0 amide bonds. The van der Waals surface area contributed by atoms with Crippen molar-refractivity contribution in [1.82, 2.24) is 0 Å². The van der Waals surface area contributed by atoms with E-state index in [1.165, 1.54) is 13.8 Å². The molecular weight excluding hydrogens is 340 g/mol. The Morgan fingerprint density at radius 3 is 2.46 bits per heavy atom. The van der Waals surface area contributed by atoms with Gasteiger partial charge in [0.25, 0.3) is 0 Å². The Kier molecular flexibility index (Phi) is 3.43. The number of esters is 3. The zero-order valence-electron chi connectivity index (χ0n) is 15.3. The average Bonchev–Trinajstić information content (AvgIpc) is 3.02. The van der Waals surface area contributed by atoms with Crippen LogP contribution in [0.25, 0.3) is 0 Å². The molecule has 1 heterocycles. The fraction of sp³-hybridized carbons (Fsp3) is 0.684. The van der Waals surface area contributed by atoms with Crippen LogP contribution in [-0.2, 0) is 33.4 Å². The van der Waals surface area contributed by atoms with Gasteiger partial charge in [0.15, 0.2) is 0 Å². The van der Waals surface area contributed by atoms with Crippen molar-refractivity contribution < 1.29 is 33.4 Å². The topological polar surface area (TPSA) is 96.0 Å². The minimum atomic E-state index is -0.721. The van der Waals surface area contributed by atoms with Crippen molar-refractivity contribution in [3.63, 3.8) is 0 Å². The van der Waals surface area contributed by atoms with E-state index in [-0.39, 0.29) is 35.2 Å². The number of rotatable bonds is 3. The molecule has 3 saturated carbocycles. The summed E-state index contributed by atoms with van der Waals surface area (Å²) in [7, 11) is 0. The van der Waals surface area contributed by atoms with Crippen LogP contribution < -0.4 is 0 Å². The minimum Gasteiger partial charge on any atom is -0.461 e. The second kappa shape index (κ2) is 5.18. The molecule has 3 aliphatic carbocycles. The molecule has 6 atom stereocenters. The zero-order chi connectivity index (χ0) is 19.0. The van der Waals surface area contributed by atoms with Gasteiger partial charge in [0.1, 0.15) is 24.6 Å². The summed E-state index contributed by atoms with van der Waals surface area (Å²) < 4.78 is 16.2. The van der Waals surface area contributed by atoms with Gasteiger partial charge < -0.3 is 14.2 Å². The van der Waals surface area contributed by atoms with Crippen molar-refractivity contribution in [2.75, 3.05) is 6.61 Å². The number of fused-ring (bicyclic) bond motifs is 5. The third-order valence-corrected chi connectivity index (χ3v) is 6.68. The summed E-state index contributed by atoms with van der Waals surface area (Å²) in [5, 5.41) is 0. The Morgan fingerprint density at radius 1 is 1.15 bits per heavy atom. The predicted octanol–water partition coefficient (Wildman–Crippen LogP) is 1.34. The molecule has 0 N–H and O–H groups in total. The molecule has 0 bridgehead atoms. The first-order valence-corrected chi connectivity index (χ1v) is 8.88. The molecule has 0 spiro atoms. The summed E-state index contributed by atoms with van der Waals surface area (Å²) in [6, 6.07) is 0. The van der Waals surface area contributed by atoms with Gasteiger partial charge in [0, 0.05) is 43.1 Å². The number of carbonyl (C=O) groups is 4. The van der Waals surface area contributed by atoms with Crippen molar-refractivity contribution in [3.05, 3.63) is 11.1 Å². The molecule has 1 aliphatic heterocycles. The maximum absolute atomic E-state index is 12.9. The van der Waals surface area contributed by atoms with Crippen molar-refractivity contribution in [2.45, 2.75) is 52.7 Å². The van der Waals surface area contributed by atoms with Crippen LogP contribution in [0.1, 0.15) is 40.5 Å². The number of carbonyl (C=O) groups excluding carboxylic acids is 4. The summed E-state index contributed by atoms with van der Waals surface area (Å²) in [6.07, 6.45) is -0.211. The summed E-state index contributed by atoms with van der Waals surface area (Å²) in [5.41, 5.74) is -0.0856. The third kappa shape index (κ3) is 2.12. The van der Waals surface area contributed by atoms with E-state index in [1.54, 1.807) is 0 Å². The smallest absolute Gasteiger partial charge is 0.338 e. The molecule has 0 saturated heterocycles. The van der Waals surface area contributed by atoms with E-state index in [1.807, 2.05) is 6.92 Å². The summed E-state index contributed by atoms with van der Waals surface area (Å²) in [4.78, 5) is 48.2. The maximum atomic E-state index is 12.9. The van der Waals surface area contributed by atoms with Gasteiger partial charge in [-0.3, -0.25) is 14.4 Å². The van der Waals surface area contributed by atoms with Gasteiger partial charge in [-0.1, -0.05) is 13.8 Å². The largest absolute Gasteiger partial charge is 0.461 e. The molecule has 0 aromatic heterocycles. The fourth-order valence-corrected chi connectivity index (χ4v) is 5.58. The van der Waals surface area contributed by atoms with Gasteiger partial charge in [-0.25, -0.2) is 4.79 Å². The van der Waals surface area contributed by atoms with E-state index in [0.29, 0.717) is 12.0 Å². The summed E-state index contributed by atoms with van der Waals surface area (Å²) >= 11 is 0. The van der Waals surface area contributed by atoms with Crippen LogP contribution >= 0.6 is 0 Å². The Hall–Kier alpha value is -2.18. The van der Waals surface area contributed by atoms with Crippen LogP contribution in [0.4, 0.5) is 0 Å². The van der Waals surface area contributed by atoms with Gasteiger partial charge >= 0.3 is 17.9 Å². The maximum Gasteiger partial charge on any atom is 0.338 e. The Labute approximate surface area is 151 Å². The molecule has 0 aromatic carbocycles. The molecule has 7 heteroatoms. The van der Waals surface area contributed by atoms with E-state index in [2.05, 4.69) is 6.92 Å². The van der Waals surface area contributed by atoms with Gasteiger partial charge in [-0.05, 0) is 11.8 Å². The molecule has 0 radical (unpaired) electrons. The highest BCUT2D eigenvalue weighted by Crippen LogP contribution is 2.74. The number of ether oxygens (including phenoxy) is 3. The van der Waals surface area contributed by atoms with Crippen molar-refractivity contribution >= 4 is 23.7 Å². The van der Waals surface area contributed by atoms with Crippen molar-refractivity contribution in [1.29, 1.82) is 0 Å². The minimum absolute atomic E-state index is 0.0222. The normalized spacial score (nSPS) is 42.6. The quantitative estimate of drug-likeness (QED) is 0.552. The lowest BCUT2D eigenvalue weighted by molar-refractivity contribution is -0.158. The lowest BCUT2D eigenvalue weighted by Crippen LogP contribution is -2.51. The van der Waals surface area contributed by atoms with E-state index >= 15 is 0 Å². The van der Waals surface area contributed by atoms with Crippen LogP contribution in [0.15, 0.2) is 11.1 Å². The van der Waals surface area contributed by atoms with E-state index in [0.717, 1.165) is 6.42 Å². The van der Waals surface area contributed by atoms with Gasteiger partial charge in [0.2, 0.25) is 0 Å². The lowest BCUT2D eigenvalue weighted by atomic mass is 9.60. The molecule has 4 aliphatic rings. The number of Topliss-reactive ketones (excluding diaryl/α,β-unsaturated/α-hetero) is 1. The second-order valence-electron chi connectivity index (χ2n) is 8.36. The highest BCUT2D eigenvalue weighted by Gasteiger charge is 2.77. The Bertz CT molecular complexity index is 781. The fourth-order valence-electron chi connectivity index (χ4n) is 5.58. The zero-order valence-corrected chi connectivity index (χ0v) is 15.3. The molecule has 6 unspecified atom stereocenters. The molecule has 4 rings (SSSR count). The second-order valence-corrected chi connectivity index (χ2v) is 8.36. The number of hydrogen-bond acceptors (Lipinski definition) is 7. The number of ketones is 1. The van der Waals surface area contributed by atoms with Crippen molar-refractivity contribution in [2.24, 2.45) is 22.7 Å². The van der Waals surface area contributed by atoms with Gasteiger partial charge in [-0.15, -0.1) is 0 Å². The molecule has 3 fully saturated rings. The summed E-state index contributed by atoms with van der Waals surface area (Å²) in [6.45, 7) is 6.30. The molecular formula is C19H22O7. The standard InChI is InChI=1S/C19H22O7/c1-8(20)24-7-10-13-12(25-9(2)21)6-19(4)15(14(13)26-17(10)23)18(3)5-11(18)16(19)22/h11-12,14-15H,5-7H2,1-4H3. The predicted molar refractivity (Wildman–Crippen MR) is 86.5 cm³/mol. The lowest BCUT2D eigenvalue weighted by Gasteiger charge is -2.46. The van der Waals surface area contributed by atoms with E-state index < -0.39 is 35.5 Å². The molecule has 7 nitrogen and oxygen atoms in total. The van der Waals surface area contributed by atoms with Gasteiger partial charge in [0.05, 0.1) is 5.57 Å². The van der Waals surface area contributed by atoms with E-state index in [9.17, 15) is 19.2 Å².